The molecule has 1 heterocycles. The van der Waals surface area contributed by atoms with Crippen molar-refractivity contribution < 1.29 is 13.2 Å². The Morgan fingerprint density at radius 3 is 2.85 bits per heavy atom. The van der Waals surface area contributed by atoms with E-state index < -0.39 is 10.0 Å². The zero-order valence-corrected chi connectivity index (χ0v) is 12.5. The van der Waals surface area contributed by atoms with E-state index in [1.807, 2.05) is 0 Å². The first-order valence-corrected chi connectivity index (χ1v) is 8.23. The Kier molecular flexibility index (Phi) is 4.71. The number of hydrogen-bond acceptors (Lipinski definition) is 6. The van der Waals surface area contributed by atoms with Gasteiger partial charge in [0, 0.05) is 11.9 Å². The van der Waals surface area contributed by atoms with Crippen LogP contribution in [0.3, 0.4) is 0 Å². The van der Waals surface area contributed by atoms with Crippen molar-refractivity contribution in [3.8, 4) is 5.75 Å². The fraction of sp³-hybridized carbons (Fsp3) is 0.250. The molecule has 8 heteroatoms. The lowest BCUT2D eigenvalue weighted by Crippen LogP contribution is -2.24. The van der Waals surface area contributed by atoms with Gasteiger partial charge in [0.1, 0.15) is 10.6 Å². The van der Waals surface area contributed by atoms with Crippen LogP contribution in [-0.2, 0) is 23.1 Å². The van der Waals surface area contributed by atoms with Crippen molar-refractivity contribution in [1.29, 1.82) is 0 Å². The van der Waals surface area contributed by atoms with E-state index in [9.17, 15) is 8.42 Å². The molecule has 0 amide bonds. The molecular formula is C12H15N3O3S2. The van der Waals surface area contributed by atoms with Gasteiger partial charge in [0.05, 0.1) is 24.9 Å². The van der Waals surface area contributed by atoms with Gasteiger partial charge >= 0.3 is 0 Å². The Hall–Kier alpha value is -1.48. The van der Waals surface area contributed by atoms with Crippen molar-refractivity contribution in [3.63, 3.8) is 0 Å². The third kappa shape index (κ3) is 3.34. The summed E-state index contributed by atoms with van der Waals surface area (Å²) in [7, 11) is -2.25. The highest BCUT2D eigenvalue weighted by atomic mass is 32.2. The van der Waals surface area contributed by atoms with Gasteiger partial charge in [0.2, 0.25) is 10.0 Å². The number of nitrogens with zero attached hydrogens (tertiary/aromatic N) is 1. The van der Waals surface area contributed by atoms with E-state index in [-0.39, 0.29) is 23.7 Å². The van der Waals surface area contributed by atoms with Crippen LogP contribution in [0.5, 0.6) is 5.75 Å². The van der Waals surface area contributed by atoms with E-state index in [4.69, 9.17) is 10.5 Å². The van der Waals surface area contributed by atoms with Gasteiger partial charge in [-0.15, -0.1) is 11.3 Å². The minimum atomic E-state index is -3.68. The van der Waals surface area contributed by atoms with Gasteiger partial charge in [-0.05, 0) is 17.7 Å². The van der Waals surface area contributed by atoms with E-state index in [0.717, 1.165) is 5.56 Å². The van der Waals surface area contributed by atoms with Crippen molar-refractivity contribution in [1.82, 2.24) is 9.71 Å². The zero-order chi connectivity index (χ0) is 14.6. The Morgan fingerprint density at radius 2 is 2.25 bits per heavy atom. The predicted octanol–water partition coefficient (Wildman–Crippen LogP) is 1.09. The molecule has 2 rings (SSSR count). The van der Waals surface area contributed by atoms with E-state index in [2.05, 4.69) is 9.71 Å². The number of nitrogens with one attached hydrogen (secondary N) is 1. The second-order valence-electron chi connectivity index (χ2n) is 3.99. The maximum absolute atomic E-state index is 12.3. The number of aromatic nitrogens is 1. The number of nitrogens with two attached hydrogens (primary N) is 1. The zero-order valence-electron chi connectivity index (χ0n) is 10.9. The number of sulfonamides is 1. The van der Waals surface area contributed by atoms with Crippen LogP contribution >= 0.6 is 11.3 Å². The molecule has 1 aromatic heterocycles. The highest BCUT2D eigenvalue weighted by molar-refractivity contribution is 7.89. The van der Waals surface area contributed by atoms with E-state index in [0.29, 0.717) is 5.69 Å². The maximum Gasteiger partial charge on any atom is 0.244 e. The second-order valence-corrected chi connectivity index (χ2v) is 6.45. The molecule has 2 aromatic rings. The molecule has 6 nitrogen and oxygen atoms in total. The molecule has 0 aliphatic heterocycles. The summed E-state index contributed by atoms with van der Waals surface area (Å²) >= 11 is 1.41. The molecule has 0 atom stereocenters. The summed E-state index contributed by atoms with van der Waals surface area (Å²) in [6.45, 7) is 0.403. The van der Waals surface area contributed by atoms with E-state index >= 15 is 0 Å². The molecule has 0 aliphatic rings. The number of rotatable bonds is 6. The number of thiazole rings is 1. The fourth-order valence-corrected chi connectivity index (χ4v) is 3.40. The highest BCUT2D eigenvalue weighted by Crippen LogP contribution is 2.24. The summed E-state index contributed by atoms with van der Waals surface area (Å²) in [5.41, 5.74) is 8.59. The molecule has 1 aromatic carbocycles. The number of ether oxygens (including phenoxy) is 1. The van der Waals surface area contributed by atoms with Gasteiger partial charge in [0.15, 0.2) is 0 Å². The number of methoxy groups -OCH3 is 1. The molecule has 0 bridgehead atoms. The van der Waals surface area contributed by atoms with Crippen LogP contribution in [0.1, 0.15) is 11.3 Å². The molecule has 0 aliphatic carbocycles. The van der Waals surface area contributed by atoms with Crippen molar-refractivity contribution >= 4 is 21.4 Å². The molecule has 20 heavy (non-hydrogen) atoms. The van der Waals surface area contributed by atoms with Gasteiger partial charge in [0.25, 0.3) is 0 Å². The summed E-state index contributed by atoms with van der Waals surface area (Å²) < 4.78 is 32.2. The van der Waals surface area contributed by atoms with Crippen molar-refractivity contribution in [2.45, 2.75) is 18.0 Å². The Bertz CT molecular complexity index is 669. The van der Waals surface area contributed by atoms with E-state index in [1.165, 1.54) is 24.5 Å². The van der Waals surface area contributed by atoms with Gasteiger partial charge in [-0.3, -0.25) is 0 Å². The quantitative estimate of drug-likeness (QED) is 0.832. The highest BCUT2D eigenvalue weighted by Gasteiger charge is 2.20. The Balaban J connectivity index is 2.28. The first kappa shape index (κ1) is 14.9. The van der Waals surface area contributed by atoms with Crippen LogP contribution in [0, 0.1) is 0 Å². The van der Waals surface area contributed by atoms with Crippen molar-refractivity contribution in [2.75, 3.05) is 7.11 Å². The van der Waals surface area contributed by atoms with Crippen LogP contribution < -0.4 is 15.2 Å². The van der Waals surface area contributed by atoms with Crippen LogP contribution in [0.15, 0.2) is 34.0 Å². The maximum atomic E-state index is 12.3. The van der Waals surface area contributed by atoms with Gasteiger partial charge < -0.3 is 10.5 Å². The van der Waals surface area contributed by atoms with Crippen molar-refractivity contribution in [2.24, 2.45) is 5.73 Å². The third-order valence-corrected chi connectivity index (χ3v) is 4.74. The van der Waals surface area contributed by atoms with Gasteiger partial charge in [-0.1, -0.05) is 6.07 Å². The fourth-order valence-electron chi connectivity index (χ4n) is 1.63. The van der Waals surface area contributed by atoms with Crippen LogP contribution in [-0.4, -0.2) is 20.5 Å². The van der Waals surface area contributed by atoms with E-state index in [1.54, 1.807) is 23.0 Å². The number of benzene rings is 1. The monoisotopic (exact) mass is 313 g/mol. The molecule has 0 radical (unpaired) electrons. The molecule has 0 unspecified atom stereocenters. The lowest BCUT2D eigenvalue weighted by molar-refractivity contribution is 0.402. The van der Waals surface area contributed by atoms with Gasteiger partial charge in [-0.25, -0.2) is 18.1 Å². The average Bonchev–Trinajstić information content (AvgIpc) is 2.98. The minimum absolute atomic E-state index is 0.0816. The second kappa shape index (κ2) is 6.31. The minimum Gasteiger partial charge on any atom is -0.495 e. The summed E-state index contributed by atoms with van der Waals surface area (Å²) in [5, 5.41) is 1.79. The summed E-state index contributed by atoms with van der Waals surface area (Å²) in [6, 6.07) is 4.85. The third-order valence-electron chi connectivity index (χ3n) is 2.68. The summed E-state index contributed by atoms with van der Waals surface area (Å²) in [6.07, 6.45) is 0. The average molecular weight is 313 g/mol. The molecule has 0 fully saturated rings. The smallest absolute Gasteiger partial charge is 0.244 e. The largest absolute Gasteiger partial charge is 0.495 e. The predicted molar refractivity (Wildman–Crippen MR) is 77.0 cm³/mol. The first-order valence-electron chi connectivity index (χ1n) is 5.80. The van der Waals surface area contributed by atoms with Crippen LogP contribution in [0.25, 0.3) is 0 Å². The van der Waals surface area contributed by atoms with Crippen LogP contribution in [0.4, 0.5) is 0 Å². The molecule has 0 saturated carbocycles. The molecular weight excluding hydrogens is 298 g/mol. The Morgan fingerprint density at radius 1 is 1.45 bits per heavy atom. The number of hydrogen-bond donors (Lipinski definition) is 2. The summed E-state index contributed by atoms with van der Waals surface area (Å²) in [4.78, 5) is 4.11. The normalized spacial score (nSPS) is 11.5. The summed E-state index contributed by atoms with van der Waals surface area (Å²) in [5.74, 6) is 0.285. The standard InChI is InChI=1S/C12H15N3O3S2/c1-18-11-3-2-9(5-13)4-12(11)20(16,17)15-6-10-7-19-8-14-10/h2-4,7-8,15H,5-6,13H2,1H3. The SMILES string of the molecule is COc1ccc(CN)cc1S(=O)(=O)NCc1cscn1. The lowest BCUT2D eigenvalue weighted by atomic mass is 10.2. The molecule has 0 saturated heterocycles. The van der Waals surface area contributed by atoms with Gasteiger partial charge in [-0.2, -0.15) is 0 Å². The lowest BCUT2D eigenvalue weighted by Gasteiger charge is -2.11. The molecule has 3 N–H and O–H groups in total. The Labute approximate surface area is 121 Å². The van der Waals surface area contributed by atoms with Crippen molar-refractivity contribution in [3.05, 3.63) is 40.3 Å². The molecule has 0 spiro atoms. The van der Waals surface area contributed by atoms with Crippen LogP contribution in [0.2, 0.25) is 0 Å². The topological polar surface area (TPSA) is 94.3 Å². The first-order chi connectivity index (χ1) is 9.56. The molecule has 108 valence electrons.